The molecule has 4 nitrogen and oxygen atoms in total. The van der Waals surface area contributed by atoms with Crippen molar-refractivity contribution >= 4 is 39.3 Å². The van der Waals surface area contributed by atoms with Gasteiger partial charge in [-0.3, -0.25) is 5.32 Å². The molecule has 0 atom stereocenters. The quantitative estimate of drug-likeness (QED) is 0.794. The number of carbonyl (C=O) groups excluding carboxylic acids is 1. The lowest BCUT2D eigenvalue weighted by Crippen LogP contribution is -2.27. The van der Waals surface area contributed by atoms with E-state index < -0.39 is 17.5 Å². The molecule has 0 saturated carbocycles. The van der Waals surface area contributed by atoms with Gasteiger partial charge in [0.25, 0.3) is 0 Å². The van der Waals surface area contributed by atoms with Gasteiger partial charge < -0.3 is 4.74 Å². The minimum Gasteiger partial charge on any atom is -0.444 e. The predicted octanol–water partition coefficient (Wildman–Crippen LogP) is 3.98. The highest BCUT2D eigenvalue weighted by Crippen LogP contribution is 2.25. The Hall–Kier alpha value is -0.880. The number of aromatic nitrogens is 1. The second-order valence-electron chi connectivity index (χ2n) is 4.22. The van der Waals surface area contributed by atoms with Crippen LogP contribution in [0.5, 0.6) is 0 Å². The van der Waals surface area contributed by atoms with Gasteiger partial charge in [0.05, 0.1) is 5.69 Å². The lowest BCUT2D eigenvalue weighted by Gasteiger charge is -2.19. The minimum absolute atomic E-state index is 0.0916. The Morgan fingerprint density at radius 1 is 1.59 bits per heavy atom. The Labute approximate surface area is 112 Å². The Morgan fingerprint density at radius 2 is 2.18 bits per heavy atom. The van der Waals surface area contributed by atoms with Gasteiger partial charge >= 0.3 is 6.09 Å². The topological polar surface area (TPSA) is 51.2 Å². The summed E-state index contributed by atoms with van der Waals surface area (Å²) in [6, 6.07) is 1.30. The van der Waals surface area contributed by atoms with Crippen LogP contribution in [0.2, 0.25) is 5.15 Å². The maximum Gasteiger partial charge on any atom is 0.412 e. The first-order valence-electron chi connectivity index (χ1n) is 4.70. The average Bonchev–Trinajstić information content (AvgIpc) is 2.10. The van der Waals surface area contributed by atoms with Crippen molar-refractivity contribution in [2.24, 2.45) is 0 Å². The van der Waals surface area contributed by atoms with Crippen molar-refractivity contribution in [3.8, 4) is 0 Å². The number of ether oxygens (including phenoxy) is 1. The highest BCUT2D eigenvalue weighted by Gasteiger charge is 2.18. The van der Waals surface area contributed by atoms with Crippen molar-refractivity contribution in [1.29, 1.82) is 0 Å². The Bertz CT molecular complexity index is 449. The number of carbonyl (C=O) groups is 1. The fraction of sp³-hybridized carbons (Fsp3) is 0.400. The third kappa shape index (κ3) is 4.47. The molecule has 1 aromatic rings. The van der Waals surface area contributed by atoms with Gasteiger partial charge in [-0.25, -0.2) is 14.2 Å². The summed E-state index contributed by atoms with van der Waals surface area (Å²) < 4.78 is 18.8. The van der Waals surface area contributed by atoms with Crippen molar-refractivity contribution < 1.29 is 13.9 Å². The number of hydrogen-bond donors (Lipinski definition) is 1. The number of hydrogen-bond acceptors (Lipinski definition) is 3. The van der Waals surface area contributed by atoms with Gasteiger partial charge in [-0.15, -0.1) is 0 Å². The molecular formula is C10H11BrClFN2O2. The van der Waals surface area contributed by atoms with Crippen LogP contribution in [0.4, 0.5) is 14.9 Å². The molecule has 17 heavy (non-hydrogen) atoms. The van der Waals surface area contributed by atoms with Crippen LogP contribution in [0, 0.1) is 5.82 Å². The molecule has 0 aliphatic carbocycles. The fourth-order valence-electron chi connectivity index (χ4n) is 0.973. The van der Waals surface area contributed by atoms with Crippen molar-refractivity contribution in [1.82, 2.24) is 4.98 Å². The van der Waals surface area contributed by atoms with E-state index in [4.69, 9.17) is 16.3 Å². The maximum atomic E-state index is 13.5. The van der Waals surface area contributed by atoms with Crippen LogP contribution in [-0.2, 0) is 4.74 Å². The molecule has 0 unspecified atom stereocenters. The first-order valence-corrected chi connectivity index (χ1v) is 5.87. The van der Waals surface area contributed by atoms with Gasteiger partial charge in [-0.1, -0.05) is 11.6 Å². The largest absolute Gasteiger partial charge is 0.444 e. The zero-order valence-electron chi connectivity index (χ0n) is 9.47. The monoisotopic (exact) mass is 324 g/mol. The van der Waals surface area contributed by atoms with E-state index in [9.17, 15) is 9.18 Å². The molecule has 0 spiro atoms. The number of pyridine rings is 1. The van der Waals surface area contributed by atoms with E-state index in [-0.39, 0.29) is 10.8 Å². The summed E-state index contributed by atoms with van der Waals surface area (Å²) in [5.41, 5.74) is -0.750. The molecule has 0 saturated heterocycles. The zero-order chi connectivity index (χ0) is 13.2. The number of nitrogens with zero attached hydrogens (tertiary/aromatic N) is 1. The Balaban J connectivity index is 2.85. The van der Waals surface area contributed by atoms with Gasteiger partial charge in [0, 0.05) is 0 Å². The molecule has 0 aliphatic heterocycles. The summed E-state index contributed by atoms with van der Waals surface area (Å²) in [7, 11) is 0. The summed E-state index contributed by atoms with van der Waals surface area (Å²) >= 11 is 8.57. The van der Waals surface area contributed by atoms with Gasteiger partial charge in [0.15, 0.2) is 11.0 Å². The van der Waals surface area contributed by atoms with Crippen LogP contribution in [-0.4, -0.2) is 16.7 Å². The van der Waals surface area contributed by atoms with E-state index in [1.807, 2.05) is 0 Å². The van der Waals surface area contributed by atoms with Gasteiger partial charge in [-0.05, 0) is 42.8 Å². The van der Waals surface area contributed by atoms with Gasteiger partial charge in [-0.2, -0.15) is 0 Å². The molecular weight excluding hydrogens is 314 g/mol. The predicted molar refractivity (Wildman–Crippen MR) is 66.8 cm³/mol. The molecule has 1 heterocycles. The first-order chi connectivity index (χ1) is 7.69. The normalized spacial score (nSPS) is 11.2. The molecule has 1 aromatic heterocycles. The second-order valence-corrected chi connectivity index (χ2v) is 5.39. The smallest absolute Gasteiger partial charge is 0.412 e. The van der Waals surface area contributed by atoms with Crippen LogP contribution in [0.1, 0.15) is 20.8 Å². The Morgan fingerprint density at radius 3 is 2.71 bits per heavy atom. The fourth-order valence-corrected chi connectivity index (χ4v) is 1.67. The van der Waals surface area contributed by atoms with Crippen molar-refractivity contribution in [3.63, 3.8) is 0 Å². The number of halogens is 3. The number of nitrogens with one attached hydrogen (secondary N) is 1. The van der Waals surface area contributed by atoms with E-state index >= 15 is 0 Å². The summed E-state index contributed by atoms with van der Waals surface area (Å²) in [4.78, 5) is 15.1. The SMILES string of the molecule is CC(C)(C)OC(=O)Nc1cc(Br)nc(Cl)c1F. The summed E-state index contributed by atoms with van der Waals surface area (Å²) in [6.45, 7) is 5.12. The van der Waals surface area contributed by atoms with Crippen molar-refractivity contribution in [2.45, 2.75) is 26.4 Å². The molecule has 0 aromatic carbocycles. The molecule has 7 heteroatoms. The molecule has 0 radical (unpaired) electrons. The lowest BCUT2D eigenvalue weighted by molar-refractivity contribution is 0.0635. The highest BCUT2D eigenvalue weighted by molar-refractivity contribution is 9.10. The van der Waals surface area contributed by atoms with Crippen LogP contribution >= 0.6 is 27.5 Å². The van der Waals surface area contributed by atoms with E-state index in [0.717, 1.165) is 0 Å². The maximum absolute atomic E-state index is 13.5. The van der Waals surface area contributed by atoms with Crippen molar-refractivity contribution in [2.75, 3.05) is 5.32 Å². The van der Waals surface area contributed by atoms with Gasteiger partial charge in [0.2, 0.25) is 0 Å². The van der Waals surface area contributed by atoms with E-state index in [0.29, 0.717) is 4.60 Å². The van der Waals surface area contributed by atoms with Crippen LogP contribution in [0.25, 0.3) is 0 Å². The molecule has 1 amide bonds. The summed E-state index contributed by atoms with van der Waals surface area (Å²) in [5, 5.41) is 1.93. The Kier molecular flexibility index (Phi) is 4.32. The molecule has 0 fully saturated rings. The third-order valence-electron chi connectivity index (χ3n) is 1.52. The van der Waals surface area contributed by atoms with Crippen LogP contribution < -0.4 is 5.32 Å². The molecule has 1 rings (SSSR count). The summed E-state index contributed by atoms with van der Waals surface area (Å²) in [6.07, 6.45) is -0.759. The number of anilines is 1. The molecule has 0 bridgehead atoms. The second kappa shape index (κ2) is 5.18. The highest BCUT2D eigenvalue weighted by atomic mass is 79.9. The lowest BCUT2D eigenvalue weighted by atomic mass is 10.2. The molecule has 1 N–H and O–H groups in total. The number of rotatable bonds is 1. The van der Waals surface area contributed by atoms with Crippen LogP contribution in [0.15, 0.2) is 10.7 Å². The van der Waals surface area contributed by atoms with E-state index in [1.165, 1.54) is 6.07 Å². The van der Waals surface area contributed by atoms with E-state index in [1.54, 1.807) is 20.8 Å². The molecule has 94 valence electrons. The van der Waals surface area contributed by atoms with Gasteiger partial charge in [0.1, 0.15) is 10.2 Å². The standard InChI is InChI=1S/C10H11BrClFN2O2/c1-10(2,3)17-9(16)14-5-4-6(11)15-8(12)7(5)13/h4H,1-3H3,(H,14,15,16). The first kappa shape index (κ1) is 14.2. The third-order valence-corrected chi connectivity index (χ3v) is 2.18. The molecule has 0 aliphatic rings. The average molecular weight is 326 g/mol. The summed E-state index contributed by atoms with van der Waals surface area (Å²) in [5.74, 6) is -0.805. The van der Waals surface area contributed by atoms with Crippen LogP contribution in [0.3, 0.4) is 0 Å². The zero-order valence-corrected chi connectivity index (χ0v) is 11.8. The number of amides is 1. The van der Waals surface area contributed by atoms with Crippen molar-refractivity contribution in [3.05, 3.63) is 21.6 Å². The van der Waals surface area contributed by atoms with E-state index in [2.05, 4.69) is 26.2 Å². The minimum atomic E-state index is -0.805.